The first-order valence-electron chi connectivity index (χ1n) is 12.0. The zero-order valence-electron chi connectivity index (χ0n) is 19.5. The van der Waals surface area contributed by atoms with E-state index in [4.69, 9.17) is 15.6 Å². The average Bonchev–Trinajstić information content (AvgIpc) is 3.29. The maximum Gasteiger partial charge on any atom is 0.269 e. The Morgan fingerprint density at radius 3 is 2.54 bits per heavy atom. The number of carbonyl (C=O) groups is 2. The van der Waals surface area contributed by atoms with Gasteiger partial charge in [-0.05, 0) is 67.7 Å². The Bertz CT molecular complexity index is 1240. The quantitative estimate of drug-likeness (QED) is 0.527. The van der Waals surface area contributed by atoms with Crippen molar-refractivity contribution >= 4 is 17.5 Å². The standard InChI is InChI=1S/C27H29N5O3/c1-2-23(33)31-16-6-7-18(17-31)22-14-15-29-25-24(22)30-32(26(25)27(28)34)19-10-12-21(13-11-19)35-20-8-4-3-5-9-20/h2-5,8-13,18,22,29H,1,6-7,14-17H2,(H2,28,34)/t18-,22+/m0/s1. The smallest absolute Gasteiger partial charge is 0.269 e. The minimum Gasteiger partial charge on any atom is -0.457 e. The topological polar surface area (TPSA) is 102 Å². The van der Waals surface area contributed by atoms with E-state index in [2.05, 4.69) is 11.9 Å². The Morgan fingerprint density at radius 1 is 1.09 bits per heavy atom. The van der Waals surface area contributed by atoms with Gasteiger partial charge in [-0.25, -0.2) is 4.68 Å². The summed E-state index contributed by atoms with van der Waals surface area (Å²) in [6.45, 7) is 5.76. The molecule has 0 spiro atoms. The number of piperidine rings is 1. The van der Waals surface area contributed by atoms with Crippen molar-refractivity contribution in [3.63, 3.8) is 0 Å². The third kappa shape index (κ3) is 4.51. The summed E-state index contributed by atoms with van der Waals surface area (Å²) in [6, 6.07) is 17.0. The van der Waals surface area contributed by atoms with Crippen molar-refractivity contribution in [2.24, 2.45) is 11.7 Å². The maximum atomic E-state index is 12.5. The molecule has 3 heterocycles. The minimum absolute atomic E-state index is 0.0370. The molecule has 8 heteroatoms. The van der Waals surface area contributed by atoms with Gasteiger partial charge in [-0.3, -0.25) is 9.59 Å². The number of anilines is 1. The number of amides is 2. The van der Waals surface area contributed by atoms with E-state index in [0.717, 1.165) is 49.5 Å². The predicted molar refractivity (Wildman–Crippen MR) is 134 cm³/mol. The third-order valence-electron chi connectivity index (χ3n) is 6.83. The van der Waals surface area contributed by atoms with E-state index in [9.17, 15) is 9.59 Å². The van der Waals surface area contributed by atoms with Crippen LogP contribution in [0, 0.1) is 5.92 Å². The van der Waals surface area contributed by atoms with Gasteiger partial charge in [0.25, 0.3) is 5.91 Å². The minimum atomic E-state index is -0.538. The van der Waals surface area contributed by atoms with Crippen LogP contribution in [0.4, 0.5) is 5.69 Å². The molecule has 0 bridgehead atoms. The molecule has 3 aromatic rings. The highest BCUT2D eigenvalue weighted by atomic mass is 16.5. The van der Waals surface area contributed by atoms with Crippen molar-refractivity contribution in [3.05, 3.63) is 78.6 Å². The first kappa shape index (κ1) is 22.7. The van der Waals surface area contributed by atoms with E-state index in [0.29, 0.717) is 23.7 Å². The Labute approximate surface area is 204 Å². The van der Waals surface area contributed by atoms with Crippen molar-refractivity contribution in [2.45, 2.75) is 25.2 Å². The number of hydrogen-bond acceptors (Lipinski definition) is 5. The molecule has 1 aromatic heterocycles. The summed E-state index contributed by atoms with van der Waals surface area (Å²) in [6.07, 6.45) is 4.21. The summed E-state index contributed by atoms with van der Waals surface area (Å²) in [4.78, 5) is 26.6. The highest BCUT2D eigenvalue weighted by Gasteiger charge is 2.37. The number of para-hydroxylation sites is 1. The largest absolute Gasteiger partial charge is 0.457 e. The van der Waals surface area contributed by atoms with Gasteiger partial charge in [0, 0.05) is 25.6 Å². The van der Waals surface area contributed by atoms with Crippen LogP contribution in [0.5, 0.6) is 11.5 Å². The summed E-state index contributed by atoms with van der Waals surface area (Å²) in [5, 5.41) is 8.25. The van der Waals surface area contributed by atoms with Gasteiger partial charge < -0.3 is 20.7 Å². The molecule has 0 aliphatic carbocycles. The molecule has 2 aliphatic heterocycles. The molecule has 2 amide bonds. The van der Waals surface area contributed by atoms with Crippen molar-refractivity contribution in [1.29, 1.82) is 0 Å². The predicted octanol–water partition coefficient (Wildman–Crippen LogP) is 4.09. The van der Waals surface area contributed by atoms with Gasteiger partial charge >= 0.3 is 0 Å². The fraction of sp³-hybridized carbons (Fsp3) is 0.296. The molecule has 35 heavy (non-hydrogen) atoms. The molecule has 1 fully saturated rings. The van der Waals surface area contributed by atoms with Crippen LogP contribution in [0.3, 0.4) is 0 Å². The molecule has 0 radical (unpaired) electrons. The number of nitrogens with two attached hydrogens (primary N) is 1. The fourth-order valence-corrected chi connectivity index (χ4v) is 5.18. The zero-order chi connectivity index (χ0) is 24.4. The second-order valence-corrected chi connectivity index (χ2v) is 9.01. The van der Waals surface area contributed by atoms with E-state index in [1.165, 1.54) is 6.08 Å². The summed E-state index contributed by atoms with van der Waals surface area (Å²) < 4.78 is 7.52. The van der Waals surface area contributed by atoms with Crippen LogP contribution in [0.15, 0.2) is 67.3 Å². The molecule has 3 N–H and O–H groups in total. The second kappa shape index (κ2) is 9.66. The summed E-state index contributed by atoms with van der Waals surface area (Å²) in [7, 11) is 0. The van der Waals surface area contributed by atoms with E-state index in [1.54, 1.807) is 4.68 Å². The maximum absolute atomic E-state index is 12.5. The molecule has 1 saturated heterocycles. The van der Waals surface area contributed by atoms with E-state index in [-0.39, 0.29) is 17.7 Å². The summed E-state index contributed by atoms with van der Waals surface area (Å²) in [5.74, 6) is 1.25. The number of nitrogens with one attached hydrogen (secondary N) is 1. The molecule has 0 unspecified atom stereocenters. The monoisotopic (exact) mass is 471 g/mol. The van der Waals surface area contributed by atoms with Gasteiger partial charge in [-0.2, -0.15) is 5.10 Å². The van der Waals surface area contributed by atoms with Crippen molar-refractivity contribution in [2.75, 3.05) is 25.0 Å². The highest BCUT2D eigenvalue weighted by molar-refractivity contribution is 5.98. The first-order chi connectivity index (χ1) is 17.0. The van der Waals surface area contributed by atoms with Crippen molar-refractivity contribution < 1.29 is 14.3 Å². The summed E-state index contributed by atoms with van der Waals surface area (Å²) in [5.41, 5.74) is 8.43. The Kier molecular flexibility index (Phi) is 6.27. The number of carbonyl (C=O) groups excluding carboxylic acids is 2. The van der Waals surface area contributed by atoms with Gasteiger partial charge in [-0.15, -0.1) is 0 Å². The van der Waals surface area contributed by atoms with Crippen LogP contribution < -0.4 is 15.8 Å². The Hall–Kier alpha value is -4.07. The van der Waals surface area contributed by atoms with Crippen LogP contribution >= 0.6 is 0 Å². The SMILES string of the molecule is C=CC(=O)N1CCC[C@H]([C@H]2CCNc3c2nn(-c2ccc(Oc4ccccc4)cc2)c3C(N)=O)C1. The van der Waals surface area contributed by atoms with Gasteiger partial charge in [0.05, 0.1) is 17.1 Å². The second-order valence-electron chi connectivity index (χ2n) is 9.01. The number of ether oxygens (including phenoxy) is 1. The van der Waals surface area contributed by atoms with Gasteiger partial charge in [-0.1, -0.05) is 24.8 Å². The molecular weight excluding hydrogens is 442 g/mol. The molecule has 180 valence electrons. The zero-order valence-corrected chi connectivity index (χ0v) is 19.5. The lowest BCUT2D eigenvalue weighted by atomic mass is 9.79. The molecule has 2 aliphatic rings. The fourth-order valence-electron chi connectivity index (χ4n) is 5.18. The molecule has 0 saturated carbocycles. The number of hydrogen-bond donors (Lipinski definition) is 2. The van der Waals surface area contributed by atoms with E-state index < -0.39 is 5.91 Å². The Balaban J connectivity index is 1.45. The van der Waals surface area contributed by atoms with Crippen LogP contribution in [-0.2, 0) is 4.79 Å². The van der Waals surface area contributed by atoms with Crippen LogP contribution in [0.25, 0.3) is 5.69 Å². The summed E-state index contributed by atoms with van der Waals surface area (Å²) >= 11 is 0. The lowest BCUT2D eigenvalue weighted by Gasteiger charge is -2.37. The lowest BCUT2D eigenvalue weighted by molar-refractivity contribution is -0.127. The van der Waals surface area contributed by atoms with Gasteiger partial charge in [0.15, 0.2) is 5.69 Å². The number of primary amides is 1. The normalized spacial score (nSPS) is 19.4. The van der Waals surface area contributed by atoms with Crippen molar-refractivity contribution in [1.82, 2.24) is 14.7 Å². The van der Waals surface area contributed by atoms with Gasteiger partial charge in [0.1, 0.15) is 11.5 Å². The first-order valence-corrected chi connectivity index (χ1v) is 12.0. The molecular formula is C27H29N5O3. The van der Waals surface area contributed by atoms with Crippen LogP contribution in [0.1, 0.15) is 41.4 Å². The van der Waals surface area contributed by atoms with Crippen LogP contribution in [0.2, 0.25) is 0 Å². The Morgan fingerprint density at radius 2 is 1.83 bits per heavy atom. The third-order valence-corrected chi connectivity index (χ3v) is 6.83. The van der Waals surface area contributed by atoms with Crippen molar-refractivity contribution in [3.8, 4) is 17.2 Å². The molecule has 8 nitrogen and oxygen atoms in total. The molecule has 5 rings (SSSR count). The number of fused-ring (bicyclic) bond motifs is 1. The highest BCUT2D eigenvalue weighted by Crippen LogP contribution is 2.42. The number of benzene rings is 2. The number of nitrogens with zero attached hydrogens (tertiary/aromatic N) is 3. The number of aromatic nitrogens is 2. The average molecular weight is 472 g/mol. The van der Waals surface area contributed by atoms with E-state index >= 15 is 0 Å². The molecule has 2 atom stereocenters. The van der Waals surface area contributed by atoms with Gasteiger partial charge in [0.2, 0.25) is 5.91 Å². The number of rotatable bonds is 6. The van der Waals surface area contributed by atoms with Crippen LogP contribution in [-0.4, -0.2) is 46.1 Å². The molecule has 2 aromatic carbocycles. The lowest BCUT2D eigenvalue weighted by Crippen LogP contribution is -2.41. The number of likely N-dealkylation sites (tertiary alicyclic amines) is 1. The van der Waals surface area contributed by atoms with E-state index in [1.807, 2.05) is 59.5 Å².